The molecule has 0 spiro atoms. The summed E-state index contributed by atoms with van der Waals surface area (Å²) in [4.78, 5) is 24.1. The van der Waals surface area contributed by atoms with Gasteiger partial charge in [-0.15, -0.1) is 0 Å². The van der Waals surface area contributed by atoms with Gasteiger partial charge in [0.15, 0.2) is 6.10 Å². The highest BCUT2D eigenvalue weighted by Gasteiger charge is 2.16. The maximum absolute atomic E-state index is 12.1. The summed E-state index contributed by atoms with van der Waals surface area (Å²) < 4.78 is 10.5. The minimum Gasteiger partial charge on any atom is -0.462 e. The summed E-state index contributed by atoms with van der Waals surface area (Å²) in [5.74, 6) is -0.681. The van der Waals surface area contributed by atoms with Crippen LogP contribution in [0.2, 0.25) is 0 Å². The van der Waals surface area contributed by atoms with Crippen LogP contribution in [0.1, 0.15) is 149 Å². The monoisotopic (exact) mass is 630 g/mol. The maximum Gasteiger partial charge on any atom is 0.306 e. The van der Waals surface area contributed by atoms with E-state index >= 15 is 0 Å². The Morgan fingerprint density at radius 2 is 1.13 bits per heavy atom. The average Bonchev–Trinajstić information content (AvgIpc) is 3.04. The van der Waals surface area contributed by atoms with E-state index in [1.54, 1.807) is 6.08 Å². The molecule has 0 aromatic rings. The number of hydrogen-bond donors (Lipinski definition) is 2. The topological polar surface area (TPSA) is 93.1 Å². The van der Waals surface area contributed by atoms with Gasteiger partial charge in [0.25, 0.3) is 0 Å². The standard InChI is InChI=1S/C39H66O6/c1-3-5-6-7-8-9-10-13-18-21-24-27-30-33-39(43)45-37(34-40)35-44-38(42)32-29-26-23-20-17-15-12-11-14-16-19-22-25-28-31-36(41)4-2/h12,14-16,20,22-23,25,28,31,36-37,40-41H,3-11,13,17-19,21,24,26-27,29-30,32-35H2,1-2H3/b15-12-,16-14-,23-20-,25-22-,31-28+/t36-,37-/m0/s1. The van der Waals surface area contributed by atoms with Crippen molar-refractivity contribution in [3.63, 3.8) is 0 Å². The van der Waals surface area contributed by atoms with Gasteiger partial charge in [-0.2, -0.15) is 0 Å². The second kappa shape index (κ2) is 34.4. The normalized spacial score (nSPS) is 13.6. The third-order valence-corrected chi connectivity index (χ3v) is 7.48. The van der Waals surface area contributed by atoms with Crippen LogP contribution in [0.5, 0.6) is 0 Å². The Kier molecular flexibility index (Phi) is 32.6. The third kappa shape index (κ3) is 32.8. The molecule has 6 nitrogen and oxygen atoms in total. The fraction of sp³-hybridized carbons (Fsp3) is 0.692. The Morgan fingerprint density at radius 1 is 0.622 bits per heavy atom. The second-order valence-electron chi connectivity index (χ2n) is 11.8. The van der Waals surface area contributed by atoms with Crippen LogP contribution in [-0.4, -0.2) is 47.6 Å². The number of carbonyl (C=O) groups excluding carboxylic acids is 2. The molecule has 0 aliphatic rings. The molecule has 2 N–H and O–H groups in total. The number of hydrogen-bond acceptors (Lipinski definition) is 6. The van der Waals surface area contributed by atoms with Crippen molar-refractivity contribution >= 4 is 11.9 Å². The Hall–Kier alpha value is -2.44. The second-order valence-corrected chi connectivity index (χ2v) is 11.8. The van der Waals surface area contributed by atoms with Crippen LogP contribution in [0, 0.1) is 0 Å². The predicted molar refractivity (Wildman–Crippen MR) is 188 cm³/mol. The average molecular weight is 631 g/mol. The molecule has 45 heavy (non-hydrogen) atoms. The molecule has 0 amide bonds. The summed E-state index contributed by atoms with van der Waals surface area (Å²) in [6, 6.07) is 0. The van der Waals surface area contributed by atoms with Crippen LogP contribution in [0.15, 0.2) is 60.8 Å². The van der Waals surface area contributed by atoms with E-state index in [-0.39, 0.29) is 31.3 Å². The molecule has 0 aromatic heterocycles. The van der Waals surface area contributed by atoms with Crippen molar-refractivity contribution in [1.82, 2.24) is 0 Å². The van der Waals surface area contributed by atoms with Gasteiger partial charge in [0.1, 0.15) is 6.61 Å². The van der Waals surface area contributed by atoms with E-state index in [0.717, 1.165) is 51.4 Å². The zero-order chi connectivity index (χ0) is 33.1. The molecule has 0 fully saturated rings. The summed E-state index contributed by atoms with van der Waals surface area (Å²) in [6.45, 7) is 3.74. The summed E-state index contributed by atoms with van der Waals surface area (Å²) in [5.41, 5.74) is 0. The first-order chi connectivity index (χ1) is 22.0. The van der Waals surface area contributed by atoms with Crippen molar-refractivity contribution in [3.8, 4) is 0 Å². The molecule has 0 heterocycles. The van der Waals surface area contributed by atoms with Crippen LogP contribution in [-0.2, 0) is 19.1 Å². The van der Waals surface area contributed by atoms with Gasteiger partial charge in [0, 0.05) is 12.8 Å². The van der Waals surface area contributed by atoms with Crippen LogP contribution >= 0.6 is 0 Å². The first-order valence-corrected chi connectivity index (χ1v) is 18.0. The van der Waals surface area contributed by atoms with Crippen LogP contribution in [0.4, 0.5) is 0 Å². The highest BCUT2D eigenvalue weighted by Crippen LogP contribution is 2.13. The Bertz CT molecular complexity index is 825. The van der Waals surface area contributed by atoms with Gasteiger partial charge >= 0.3 is 11.9 Å². The van der Waals surface area contributed by atoms with Crippen molar-refractivity contribution in [1.29, 1.82) is 0 Å². The van der Waals surface area contributed by atoms with E-state index in [9.17, 15) is 19.8 Å². The number of allylic oxidation sites excluding steroid dienone is 9. The van der Waals surface area contributed by atoms with Crippen molar-refractivity contribution in [3.05, 3.63) is 60.8 Å². The van der Waals surface area contributed by atoms with Crippen molar-refractivity contribution in [2.24, 2.45) is 0 Å². The molecular weight excluding hydrogens is 564 g/mol. The van der Waals surface area contributed by atoms with Gasteiger partial charge in [-0.3, -0.25) is 9.59 Å². The number of carbonyl (C=O) groups is 2. The molecule has 0 bridgehead atoms. The molecule has 0 rings (SSSR count). The van der Waals surface area contributed by atoms with Gasteiger partial charge in [0.05, 0.1) is 12.7 Å². The number of ether oxygens (including phenoxy) is 2. The summed E-state index contributed by atoms with van der Waals surface area (Å²) >= 11 is 0. The Labute approximate surface area is 275 Å². The van der Waals surface area contributed by atoms with E-state index in [1.807, 2.05) is 19.1 Å². The fourth-order valence-corrected chi connectivity index (χ4v) is 4.60. The number of aliphatic hydroxyl groups excluding tert-OH is 2. The molecule has 6 heteroatoms. The van der Waals surface area contributed by atoms with Crippen LogP contribution in [0.25, 0.3) is 0 Å². The van der Waals surface area contributed by atoms with Gasteiger partial charge in [-0.05, 0) is 44.9 Å². The van der Waals surface area contributed by atoms with E-state index in [1.165, 1.54) is 64.2 Å². The largest absolute Gasteiger partial charge is 0.462 e. The first kappa shape index (κ1) is 42.6. The molecular formula is C39H66O6. The summed E-state index contributed by atoms with van der Waals surface area (Å²) in [5, 5.41) is 18.9. The molecule has 258 valence electrons. The maximum atomic E-state index is 12.1. The summed E-state index contributed by atoms with van der Waals surface area (Å²) in [7, 11) is 0. The lowest BCUT2D eigenvalue weighted by Crippen LogP contribution is -2.28. The van der Waals surface area contributed by atoms with E-state index < -0.39 is 6.10 Å². The molecule has 0 saturated carbocycles. The van der Waals surface area contributed by atoms with Crippen molar-refractivity contribution < 1.29 is 29.3 Å². The van der Waals surface area contributed by atoms with Gasteiger partial charge in [0.2, 0.25) is 0 Å². The van der Waals surface area contributed by atoms with Gasteiger partial charge in [-0.1, -0.05) is 152 Å². The predicted octanol–water partition coefficient (Wildman–Crippen LogP) is 9.81. The number of esters is 2. The lowest BCUT2D eigenvalue weighted by Gasteiger charge is -2.15. The van der Waals surface area contributed by atoms with Gasteiger partial charge in [-0.25, -0.2) is 0 Å². The molecule has 0 unspecified atom stereocenters. The molecule has 0 aliphatic heterocycles. The number of aliphatic hydroxyl groups is 2. The molecule has 0 radical (unpaired) electrons. The molecule has 0 aromatic carbocycles. The van der Waals surface area contributed by atoms with Gasteiger partial charge < -0.3 is 19.7 Å². The van der Waals surface area contributed by atoms with E-state index in [0.29, 0.717) is 19.3 Å². The lowest BCUT2D eigenvalue weighted by molar-refractivity contribution is -0.161. The van der Waals surface area contributed by atoms with E-state index in [4.69, 9.17) is 9.47 Å². The van der Waals surface area contributed by atoms with E-state index in [2.05, 4.69) is 49.5 Å². The number of rotatable bonds is 31. The SMILES string of the molecule is CCCCCCCCCCCCCCCC(=O)O[C@@H](CO)COC(=O)CCC/C=C\C/C=C\C/C=C\C/C=C\C=C\[C@@H](O)CC. The number of unbranched alkanes of at least 4 members (excludes halogenated alkanes) is 13. The smallest absolute Gasteiger partial charge is 0.306 e. The lowest BCUT2D eigenvalue weighted by atomic mass is 10.0. The zero-order valence-corrected chi connectivity index (χ0v) is 28.7. The Balaban J connectivity index is 3.72. The molecule has 0 aliphatic carbocycles. The third-order valence-electron chi connectivity index (χ3n) is 7.48. The zero-order valence-electron chi connectivity index (χ0n) is 28.7. The minimum absolute atomic E-state index is 0.106. The summed E-state index contributed by atoms with van der Waals surface area (Å²) in [6.07, 6.45) is 40.8. The quantitative estimate of drug-likeness (QED) is 0.0343. The minimum atomic E-state index is -0.802. The Morgan fingerprint density at radius 3 is 1.69 bits per heavy atom. The molecule has 2 atom stereocenters. The molecule has 0 saturated heterocycles. The highest BCUT2D eigenvalue weighted by atomic mass is 16.6. The fourth-order valence-electron chi connectivity index (χ4n) is 4.60. The van der Waals surface area contributed by atoms with Crippen LogP contribution in [0.3, 0.4) is 0 Å². The highest BCUT2D eigenvalue weighted by molar-refractivity contribution is 5.70. The van der Waals surface area contributed by atoms with Crippen molar-refractivity contribution in [2.45, 2.75) is 161 Å². The van der Waals surface area contributed by atoms with Crippen molar-refractivity contribution in [2.75, 3.05) is 13.2 Å². The first-order valence-electron chi connectivity index (χ1n) is 18.0. The van der Waals surface area contributed by atoms with Crippen LogP contribution < -0.4 is 0 Å².